The van der Waals surface area contributed by atoms with E-state index in [2.05, 4.69) is 20.3 Å². The first-order valence-corrected chi connectivity index (χ1v) is 5.71. The summed E-state index contributed by atoms with van der Waals surface area (Å²) in [7, 11) is 2.86. The Bertz CT molecular complexity index is 395. The summed E-state index contributed by atoms with van der Waals surface area (Å²) in [6, 6.07) is 0. The molecule has 1 aromatic heterocycles. The molecule has 1 rings (SSSR count). The molecule has 106 valence electrons. The minimum atomic E-state index is -0.363. The molecular formula is C10H17N5O4. The molecule has 9 nitrogen and oxygen atoms in total. The van der Waals surface area contributed by atoms with Crippen molar-refractivity contribution in [2.45, 2.75) is 13.0 Å². The molecule has 0 saturated carbocycles. The number of tetrazole rings is 1. The third kappa shape index (κ3) is 5.42. The van der Waals surface area contributed by atoms with Crippen LogP contribution >= 0.6 is 0 Å². The smallest absolute Gasteiger partial charge is 0.307 e. The van der Waals surface area contributed by atoms with Crippen LogP contribution < -0.4 is 0 Å². The molecular weight excluding hydrogens is 254 g/mol. The Kier molecular flexibility index (Phi) is 6.44. The van der Waals surface area contributed by atoms with Gasteiger partial charge in [-0.15, -0.1) is 5.10 Å². The molecule has 1 heterocycles. The summed E-state index contributed by atoms with van der Waals surface area (Å²) in [6.45, 7) is 1.09. The first-order valence-electron chi connectivity index (χ1n) is 5.71. The summed E-state index contributed by atoms with van der Waals surface area (Å²) in [5.41, 5.74) is 0. The lowest BCUT2D eigenvalue weighted by Gasteiger charge is -2.21. The number of ether oxygens (including phenoxy) is 2. The Morgan fingerprint density at radius 3 is 2.68 bits per heavy atom. The van der Waals surface area contributed by atoms with Gasteiger partial charge in [-0.25, -0.2) is 4.68 Å². The highest BCUT2D eigenvalue weighted by Gasteiger charge is 2.16. The van der Waals surface area contributed by atoms with Crippen molar-refractivity contribution in [2.24, 2.45) is 0 Å². The topological polar surface area (TPSA) is 99.4 Å². The van der Waals surface area contributed by atoms with E-state index in [4.69, 9.17) is 4.74 Å². The van der Waals surface area contributed by atoms with Crippen LogP contribution in [0, 0.1) is 0 Å². The Balaban J connectivity index is 2.51. The minimum Gasteiger partial charge on any atom is -0.469 e. The third-order valence-corrected chi connectivity index (χ3v) is 2.42. The maximum atomic E-state index is 12.0. The molecule has 0 fully saturated rings. The number of aromatic nitrogens is 4. The van der Waals surface area contributed by atoms with E-state index in [-0.39, 0.29) is 31.4 Å². The fourth-order valence-corrected chi connectivity index (χ4v) is 1.38. The molecule has 0 saturated heterocycles. The molecule has 9 heteroatoms. The highest BCUT2D eigenvalue weighted by atomic mass is 16.5. The number of hydrogen-bond donors (Lipinski definition) is 0. The van der Waals surface area contributed by atoms with Crippen molar-refractivity contribution in [1.82, 2.24) is 25.1 Å². The molecule has 19 heavy (non-hydrogen) atoms. The Labute approximate surface area is 110 Å². The van der Waals surface area contributed by atoms with Gasteiger partial charge in [0.2, 0.25) is 5.91 Å². The second kappa shape index (κ2) is 8.14. The SMILES string of the molecule is COCCN(CCC(=O)OC)C(=O)Cn1cnnn1. The van der Waals surface area contributed by atoms with Crippen molar-refractivity contribution >= 4 is 11.9 Å². The summed E-state index contributed by atoms with van der Waals surface area (Å²) in [5.74, 6) is -0.550. The van der Waals surface area contributed by atoms with Gasteiger partial charge in [0.1, 0.15) is 12.9 Å². The van der Waals surface area contributed by atoms with Crippen molar-refractivity contribution in [3.8, 4) is 0 Å². The molecule has 0 spiro atoms. The molecule has 0 aromatic carbocycles. The number of esters is 1. The Hall–Kier alpha value is -2.03. The molecule has 0 aliphatic rings. The summed E-state index contributed by atoms with van der Waals surface area (Å²) in [4.78, 5) is 24.6. The molecule has 0 aliphatic heterocycles. The van der Waals surface area contributed by atoms with Gasteiger partial charge in [0.05, 0.1) is 20.1 Å². The number of carbonyl (C=O) groups excluding carboxylic acids is 2. The van der Waals surface area contributed by atoms with Crippen LogP contribution in [0.3, 0.4) is 0 Å². The third-order valence-electron chi connectivity index (χ3n) is 2.42. The van der Waals surface area contributed by atoms with Crippen molar-refractivity contribution in [1.29, 1.82) is 0 Å². The zero-order valence-corrected chi connectivity index (χ0v) is 11.0. The quantitative estimate of drug-likeness (QED) is 0.542. The predicted octanol–water partition coefficient (Wildman–Crippen LogP) is -1.29. The minimum absolute atomic E-state index is 0.0257. The number of rotatable bonds is 8. The van der Waals surface area contributed by atoms with E-state index in [1.54, 1.807) is 7.11 Å². The number of hydrogen-bond acceptors (Lipinski definition) is 7. The molecule has 0 unspecified atom stereocenters. The average molecular weight is 271 g/mol. The Morgan fingerprint density at radius 1 is 1.32 bits per heavy atom. The molecule has 0 radical (unpaired) electrons. The van der Waals surface area contributed by atoms with Gasteiger partial charge in [0, 0.05) is 20.2 Å². The van der Waals surface area contributed by atoms with Crippen molar-refractivity contribution in [2.75, 3.05) is 33.9 Å². The summed E-state index contributed by atoms with van der Waals surface area (Å²) < 4.78 is 10.8. The van der Waals surface area contributed by atoms with Crippen LogP contribution in [0.2, 0.25) is 0 Å². The van der Waals surface area contributed by atoms with Gasteiger partial charge in [-0.3, -0.25) is 9.59 Å². The normalized spacial score (nSPS) is 10.2. The molecule has 1 aromatic rings. The van der Waals surface area contributed by atoms with E-state index >= 15 is 0 Å². The van der Waals surface area contributed by atoms with Crippen LogP contribution in [0.25, 0.3) is 0 Å². The summed E-state index contributed by atoms with van der Waals surface area (Å²) >= 11 is 0. The van der Waals surface area contributed by atoms with Crippen LogP contribution in [0.1, 0.15) is 6.42 Å². The van der Waals surface area contributed by atoms with E-state index in [1.807, 2.05) is 0 Å². The molecule has 0 bridgehead atoms. The second-order valence-electron chi connectivity index (χ2n) is 3.71. The lowest BCUT2D eigenvalue weighted by atomic mass is 10.3. The molecule has 1 amide bonds. The van der Waals surface area contributed by atoms with Gasteiger partial charge >= 0.3 is 5.97 Å². The first-order chi connectivity index (χ1) is 9.17. The van der Waals surface area contributed by atoms with E-state index in [0.717, 1.165) is 0 Å². The number of methoxy groups -OCH3 is 2. The van der Waals surface area contributed by atoms with Gasteiger partial charge in [-0.1, -0.05) is 0 Å². The molecule has 0 N–H and O–H groups in total. The van der Waals surface area contributed by atoms with Crippen LogP contribution in [0.5, 0.6) is 0 Å². The van der Waals surface area contributed by atoms with Gasteiger partial charge in [-0.2, -0.15) is 0 Å². The molecule has 0 aliphatic carbocycles. The summed E-state index contributed by atoms with van der Waals surface area (Å²) in [5, 5.41) is 10.5. The fourth-order valence-electron chi connectivity index (χ4n) is 1.38. The summed E-state index contributed by atoms with van der Waals surface area (Å²) in [6.07, 6.45) is 1.49. The largest absolute Gasteiger partial charge is 0.469 e. The highest BCUT2D eigenvalue weighted by Crippen LogP contribution is 1.97. The highest BCUT2D eigenvalue weighted by molar-refractivity contribution is 5.77. The van der Waals surface area contributed by atoms with Gasteiger partial charge < -0.3 is 14.4 Å². The first kappa shape index (κ1) is 15.0. The van der Waals surface area contributed by atoms with E-state index in [0.29, 0.717) is 13.2 Å². The lowest BCUT2D eigenvalue weighted by molar-refractivity contribution is -0.142. The van der Waals surface area contributed by atoms with Crippen LogP contribution in [0.4, 0.5) is 0 Å². The van der Waals surface area contributed by atoms with Crippen molar-refractivity contribution in [3.63, 3.8) is 0 Å². The van der Waals surface area contributed by atoms with E-state index in [1.165, 1.54) is 23.0 Å². The number of amides is 1. The van der Waals surface area contributed by atoms with Gasteiger partial charge in [-0.05, 0) is 10.4 Å². The monoisotopic (exact) mass is 271 g/mol. The number of nitrogens with zero attached hydrogens (tertiary/aromatic N) is 5. The van der Waals surface area contributed by atoms with Gasteiger partial charge in [0.25, 0.3) is 0 Å². The zero-order valence-electron chi connectivity index (χ0n) is 11.0. The maximum Gasteiger partial charge on any atom is 0.307 e. The van der Waals surface area contributed by atoms with Crippen LogP contribution in [-0.2, 0) is 25.6 Å². The maximum absolute atomic E-state index is 12.0. The van der Waals surface area contributed by atoms with E-state index < -0.39 is 0 Å². The predicted molar refractivity (Wildman–Crippen MR) is 62.9 cm³/mol. The van der Waals surface area contributed by atoms with Crippen molar-refractivity contribution < 1.29 is 19.1 Å². The van der Waals surface area contributed by atoms with E-state index in [9.17, 15) is 9.59 Å². The second-order valence-corrected chi connectivity index (χ2v) is 3.71. The van der Waals surface area contributed by atoms with Crippen molar-refractivity contribution in [3.05, 3.63) is 6.33 Å². The average Bonchev–Trinajstić information content (AvgIpc) is 2.91. The molecule has 0 atom stereocenters. The van der Waals surface area contributed by atoms with Crippen LogP contribution in [0.15, 0.2) is 6.33 Å². The standard InChI is InChI=1S/C10H17N5O4/c1-18-6-5-14(4-3-10(17)19-2)9(16)7-15-8-11-12-13-15/h8H,3-7H2,1-2H3. The fraction of sp³-hybridized carbons (Fsp3) is 0.700. The van der Waals surface area contributed by atoms with Gasteiger partial charge in [0.15, 0.2) is 0 Å². The zero-order chi connectivity index (χ0) is 14.1. The lowest BCUT2D eigenvalue weighted by Crippen LogP contribution is -2.38. The van der Waals surface area contributed by atoms with Crippen LogP contribution in [-0.4, -0.2) is 70.9 Å². The Morgan fingerprint density at radius 2 is 2.11 bits per heavy atom. The number of carbonyl (C=O) groups is 2.